The maximum Gasteiger partial charge on any atom is 0.269 e. The van der Waals surface area contributed by atoms with E-state index in [4.69, 9.17) is 0 Å². The quantitative estimate of drug-likeness (QED) is 0.456. The van der Waals surface area contributed by atoms with Crippen LogP contribution in [0.25, 0.3) is 10.9 Å². The molecule has 0 aliphatic heterocycles. The van der Waals surface area contributed by atoms with Gasteiger partial charge in [0, 0.05) is 29.6 Å². The maximum atomic E-state index is 12.4. The van der Waals surface area contributed by atoms with Gasteiger partial charge >= 0.3 is 0 Å². The maximum absolute atomic E-state index is 12.4. The number of amides is 1. The van der Waals surface area contributed by atoms with Gasteiger partial charge in [0.2, 0.25) is 0 Å². The Balaban J connectivity index is 1.66. The van der Waals surface area contributed by atoms with Crippen molar-refractivity contribution in [1.82, 2.24) is 10.3 Å². The SMILES string of the molecule is CC(C)c1ccc2cc(C(=O)NC[C@H](O)c3ccc([N+](=O)[O-])cc3)[nH]c2c1. The number of fused-ring (bicyclic) bond motifs is 1. The van der Waals surface area contributed by atoms with E-state index in [-0.39, 0.29) is 18.1 Å². The topological polar surface area (TPSA) is 108 Å². The number of nitro groups is 1. The molecule has 0 radical (unpaired) electrons. The molecular weight excluding hydrogens is 346 g/mol. The number of benzene rings is 2. The lowest BCUT2D eigenvalue weighted by Crippen LogP contribution is -2.28. The lowest BCUT2D eigenvalue weighted by molar-refractivity contribution is -0.384. The Hall–Kier alpha value is -3.19. The Morgan fingerprint density at radius 3 is 2.44 bits per heavy atom. The average molecular weight is 367 g/mol. The molecule has 0 unspecified atom stereocenters. The smallest absolute Gasteiger partial charge is 0.269 e. The van der Waals surface area contributed by atoms with Crippen molar-refractivity contribution in [3.63, 3.8) is 0 Å². The monoisotopic (exact) mass is 367 g/mol. The van der Waals surface area contributed by atoms with Crippen molar-refractivity contribution in [3.05, 3.63) is 75.5 Å². The fourth-order valence-electron chi connectivity index (χ4n) is 2.85. The summed E-state index contributed by atoms with van der Waals surface area (Å²) in [6, 6.07) is 13.4. The molecule has 7 nitrogen and oxygen atoms in total. The number of H-pyrrole nitrogens is 1. The molecule has 27 heavy (non-hydrogen) atoms. The number of aliphatic hydroxyl groups is 1. The van der Waals surface area contributed by atoms with Gasteiger partial charge in [-0.2, -0.15) is 0 Å². The van der Waals surface area contributed by atoms with Crippen LogP contribution in [0, 0.1) is 10.1 Å². The molecule has 3 aromatic rings. The minimum Gasteiger partial charge on any atom is -0.387 e. The van der Waals surface area contributed by atoms with Gasteiger partial charge in [0.05, 0.1) is 11.0 Å². The first kappa shape index (κ1) is 18.6. The van der Waals surface area contributed by atoms with E-state index in [1.165, 1.54) is 29.8 Å². The number of aromatic nitrogens is 1. The number of nitrogens with one attached hydrogen (secondary N) is 2. The lowest BCUT2D eigenvalue weighted by Gasteiger charge is -2.11. The second-order valence-electron chi connectivity index (χ2n) is 6.76. The van der Waals surface area contributed by atoms with Crippen LogP contribution in [0.5, 0.6) is 0 Å². The summed E-state index contributed by atoms with van der Waals surface area (Å²) in [6.45, 7) is 4.22. The summed E-state index contributed by atoms with van der Waals surface area (Å²) in [4.78, 5) is 25.6. The molecule has 0 bridgehead atoms. The van der Waals surface area contributed by atoms with Gasteiger partial charge in [-0.05, 0) is 41.3 Å². The minimum atomic E-state index is -0.952. The number of nitro benzene ring substituents is 1. The Morgan fingerprint density at radius 1 is 1.15 bits per heavy atom. The van der Waals surface area contributed by atoms with Gasteiger partial charge in [0.1, 0.15) is 5.69 Å². The first-order chi connectivity index (χ1) is 12.8. The Morgan fingerprint density at radius 2 is 1.81 bits per heavy atom. The van der Waals surface area contributed by atoms with Crippen molar-refractivity contribution in [2.45, 2.75) is 25.9 Å². The number of carbonyl (C=O) groups excluding carboxylic acids is 1. The highest BCUT2D eigenvalue weighted by molar-refractivity contribution is 5.98. The van der Waals surface area contributed by atoms with Crippen molar-refractivity contribution in [1.29, 1.82) is 0 Å². The van der Waals surface area contributed by atoms with E-state index in [1.807, 2.05) is 18.2 Å². The van der Waals surface area contributed by atoms with E-state index < -0.39 is 11.0 Å². The van der Waals surface area contributed by atoms with Gasteiger partial charge in [0.25, 0.3) is 11.6 Å². The van der Waals surface area contributed by atoms with Gasteiger partial charge in [0.15, 0.2) is 0 Å². The molecule has 1 atom stereocenters. The Kier molecular flexibility index (Phi) is 5.23. The standard InChI is InChI=1S/C20H21N3O4/c1-12(2)14-3-4-15-10-18(22-17(15)9-14)20(25)21-11-19(24)13-5-7-16(8-6-13)23(26)27/h3-10,12,19,22,24H,11H2,1-2H3,(H,21,25)/t19-/m0/s1. The molecule has 0 fully saturated rings. The summed E-state index contributed by atoms with van der Waals surface area (Å²) in [6.07, 6.45) is -0.952. The van der Waals surface area contributed by atoms with Gasteiger partial charge in [-0.15, -0.1) is 0 Å². The van der Waals surface area contributed by atoms with Crippen LogP contribution < -0.4 is 5.32 Å². The molecule has 1 amide bonds. The van der Waals surface area contributed by atoms with Crippen molar-refractivity contribution in [3.8, 4) is 0 Å². The fraction of sp³-hybridized carbons (Fsp3) is 0.250. The molecule has 0 aliphatic carbocycles. The number of carbonyl (C=O) groups is 1. The van der Waals surface area contributed by atoms with Gasteiger partial charge in [-0.1, -0.05) is 26.0 Å². The third-order valence-corrected chi connectivity index (χ3v) is 4.50. The molecule has 0 saturated heterocycles. The number of hydrogen-bond donors (Lipinski definition) is 3. The average Bonchev–Trinajstić information content (AvgIpc) is 3.09. The molecule has 3 N–H and O–H groups in total. The minimum absolute atomic E-state index is 0.00323. The predicted octanol–water partition coefficient (Wildman–Crippen LogP) is 3.66. The van der Waals surface area contributed by atoms with E-state index in [9.17, 15) is 20.0 Å². The zero-order chi connectivity index (χ0) is 19.6. The molecule has 1 heterocycles. The third kappa shape index (κ3) is 4.15. The highest BCUT2D eigenvalue weighted by Crippen LogP contribution is 2.22. The van der Waals surface area contributed by atoms with Crippen molar-refractivity contribution < 1.29 is 14.8 Å². The summed E-state index contributed by atoms with van der Waals surface area (Å²) in [5, 5.41) is 24.5. The summed E-state index contributed by atoms with van der Waals surface area (Å²) in [5.41, 5.74) is 2.95. The van der Waals surface area contributed by atoms with Crippen LogP contribution in [0.2, 0.25) is 0 Å². The summed E-state index contributed by atoms with van der Waals surface area (Å²) >= 11 is 0. The Bertz CT molecular complexity index is 977. The van der Waals surface area contributed by atoms with Crippen molar-refractivity contribution in [2.75, 3.05) is 6.54 Å². The molecule has 0 spiro atoms. The number of nitrogens with zero attached hydrogens (tertiary/aromatic N) is 1. The number of rotatable bonds is 6. The van der Waals surface area contributed by atoms with E-state index >= 15 is 0 Å². The predicted molar refractivity (Wildman–Crippen MR) is 103 cm³/mol. The molecule has 0 saturated carbocycles. The second kappa shape index (κ2) is 7.59. The van der Waals surface area contributed by atoms with Crippen LogP contribution in [-0.4, -0.2) is 27.5 Å². The normalized spacial score (nSPS) is 12.3. The molecule has 3 rings (SSSR count). The van der Waals surface area contributed by atoms with Gasteiger partial charge < -0.3 is 15.4 Å². The number of aromatic amines is 1. The van der Waals surface area contributed by atoms with Crippen LogP contribution in [0.4, 0.5) is 5.69 Å². The molecule has 140 valence electrons. The molecule has 0 aliphatic rings. The highest BCUT2D eigenvalue weighted by atomic mass is 16.6. The Labute approximate surface area is 156 Å². The van der Waals surface area contributed by atoms with E-state index in [0.29, 0.717) is 17.2 Å². The number of hydrogen-bond acceptors (Lipinski definition) is 4. The zero-order valence-corrected chi connectivity index (χ0v) is 15.1. The van der Waals surface area contributed by atoms with E-state index in [1.54, 1.807) is 6.07 Å². The number of non-ortho nitro benzene ring substituents is 1. The van der Waals surface area contributed by atoms with Crippen molar-refractivity contribution >= 4 is 22.5 Å². The van der Waals surface area contributed by atoms with Crippen LogP contribution in [-0.2, 0) is 0 Å². The summed E-state index contributed by atoms with van der Waals surface area (Å²) in [5.74, 6) is 0.0741. The summed E-state index contributed by atoms with van der Waals surface area (Å²) < 4.78 is 0. The van der Waals surface area contributed by atoms with E-state index in [2.05, 4.69) is 24.1 Å². The lowest BCUT2D eigenvalue weighted by atomic mass is 10.0. The van der Waals surface area contributed by atoms with Gasteiger partial charge in [-0.25, -0.2) is 0 Å². The van der Waals surface area contributed by atoms with Crippen LogP contribution in [0.1, 0.15) is 47.5 Å². The largest absolute Gasteiger partial charge is 0.387 e. The first-order valence-corrected chi connectivity index (χ1v) is 8.68. The first-order valence-electron chi connectivity index (χ1n) is 8.68. The third-order valence-electron chi connectivity index (χ3n) is 4.50. The molecule has 7 heteroatoms. The molecule has 1 aromatic heterocycles. The van der Waals surface area contributed by atoms with Crippen molar-refractivity contribution in [2.24, 2.45) is 0 Å². The second-order valence-corrected chi connectivity index (χ2v) is 6.76. The zero-order valence-electron chi connectivity index (χ0n) is 15.1. The van der Waals surface area contributed by atoms with Crippen LogP contribution in [0.15, 0.2) is 48.5 Å². The van der Waals surface area contributed by atoms with Gasteiger partial charge in [-0.3, -0.25) is 14.9 Å². The fourth-order valence-corrected chi connectivity index (χ4v) is 2.85. The molecule has 2 aromatic carbocycles. The summed E-state index contributed by atoms with van der Waals surface area (Å²) in [7, 11) is 0. The van der Waals surface area contributed by atoms with Crippen LogP contribution in [0.3, 0.4) is 0 Å². The highest BCUT2D eigenvalue weighted by Gasteiger charge is 2.14. The molecular formula is C20H21N3O4. The van der Waals surface area contributed by atoms with Crippen LogP contribution >= 0.6 is 0 Å². The van der Waals surface area contributed by atoms with E-state index in [0.717, 1.165) is 10.9 Å². The number of aliphatic hydroxyl groups excluding tert-OH is 1.